The highest BCUT2D eigenvalue weighted by molar-refractivity contribution is 5.97. The Morgan fingerprint density at radius 1 is 1.06 bits per heavy atom. The lowest BCUT2D eigenvalue weighted by Crippen LogP contribution is -2.54. The van der Waals surface area contributed by atoms with Crippen LogP contribution in [0.1, 0.15) is 58.6 Å². The van der Waals surface area contributed by atoms with E-state index in [2.05, 4.69) is 15.0 Å². The number of carbonyl (C=O) groups excluding carboxylic acids is 2. The highest BCUT2D eigenvalue weighted by atomic mass is 16.2. The van der Waals surface area contributed by atoms with Crippen molar-refractivity contribution in [2.24, 2.45) is 7.05 Å². The Balaban J connectivity index is 1.42. The fourth-order valence-corrected chi connectivity index (χ4v) is 5.21. The second-order valence-corrected chi connectivity index (χ2v) is 9.09. The molecule has 0 atom stereocenters. The Labute approximate surface area is 182 Å². The van der Waals surface area contributed by atoms with Crippen molar-refractivity contribution in [1.29, 1.82) is 0 Å². The van der Waals surface area contributed by atoms with Gasteiger partial charge in [-0.25, -0.2) is 9.97 Å². The maximum atomic E-state index is 12.9. The topological polar surface area (TPSA) is 87.5 Å². The van der Waals surface area contributed by atoms with Gasteiger partial charge in [0.25, 0.3) is 11.8 Å². The second kappa shape index (κ2) is 7.62. The van der Waals surface area contributed by atoms with E-state index in [9.17, 15) is 9.59 Å². The van der Waals surface area contributed by atoms with Gasteiger partial charge >= 0.3 is 0 Å². The van der Waals surface area contributed by atoms with Crippen LogP contribution in [-0.2, 0) is 12.5 Å². The fourth-order valence-electron chi connectivity index (χ4n) is 5.21. The molecule has 0 aliphatic carbocycles. The zero-order valence-corrected chi connectivity index (χ0v) is 18.3. The molecule has 5 rings (SSSR count). The van der Waals surface area contributed by atoms with Crippen LogP contribution in [0.3, 0.4) is 0 Å². The van der Waals surface area contributed by atoms with Gasteiger partial charge in [0.15, 0.2) is 0 Å². The SMILES string of the molecule is CN1CC2(CCN(C(=O)c3ccn(C)n3)CC2)c2nc(N3CCCCC3)ncc2C1=O. The zero-order valence-electron chi connectivity index (χ0n) is 18.3. The predicted molar refractivity (Wildman–Crippen MR) is 115 cm³/mol. The maximum absolute atomic E-state index is 12.9. The quantitative estimate of drug-likeness (QED) is 0.727. The van der Waals surface area contributed by atoms with Crippen LogP contribution in [0, 0.1) is 0 Å². The lowest BCUT2D eigenvalue weighted by molar-refractivity contribution is 0.0537. The van der Waals surface area contributed by atoms with Gasteiger partial charge in [-0.2, -0.15) is 5.10 Å². The number of anilines is 1. The molecule has 3 aliphatic rings. The standard InChI is InChI=1S/C22H29N7O2/c1-26-15-22(7-12-28(13-8-22)20(31)17-6-11-27(2)25-17)18-16(19(26)30)14-23-21(24-18)29-9-4-3-5-10-29/h6,11,14H,3-5,7-10,12-13,15H2,1-2H3. The van der Waals surface area contributed by atoms with Crippen molar-refractivity contribution < 1.29 is 9.59 Å². The van der Waals surface area contributed by atoms with E-state index in [-0.39, 0.29) is 17.2 Å². The lowest BCUT2D eigenvalue weighted by atomic mass is 9.71. The summed E-state index contributed by atoms with van der Waals surface area (Å²) in [6, 6.07) is 1.76. The van der Waals surface area contributed by atoms with Crippen molar-refractivity contribution in [3.05, 3.63) is 35.4 Å². The molecule has 3 aliphatic heterocycles. The largest absolute Gasteiger partial charge is 0.341 e. The Hall–Kier alpha value is -2.97. The first-order valence-corrected chi connectivity index (χ1v) is 11.1. The highest BCUT2D eigenvalue weighted by Gasteiger charge is 2.46. The Kier molecular flexibility index (Phi) is 4.91. The number of carbonyl (C=O) groups is 2. The molecular formula is C22H29N7O2. The van der Waals surface area contributed by atoms with Gasteiger partial charge in [0, 0.05) is 64.6 Å². The highest BCUT2D eigenvalue weighted by Crippen LogP contribution is 2.41. The Bertz CT molecular complexity index is 1000. The van der Waals surface area contributed by atoms with E-state index in [0.29, 0.717) is 30.9 Å². The predicted octanol–water partition coefficient (Wildman–Crippen LogP) is 1.46. The van der Waals surface area contributed by atoms with Crippen molar-refractivity contribution in [1.82, 2.24) is 29.5 Å². The van der Waals surface area contributed by atoms with E-state index in [1.165, 1.54) is 6.42 Å². The van der Waals surface area contributed by atoms with Crippen molar-refractivity contribution in [2.75, 3.05) is 44.7 Å². The molecule has 164 valence electrons. The Morgan fingerprint density at radius 2 is 1.81 bits per heavy atom. The number of piperidine rings is 2. The first-order valence-electron chi connectivity index (χ1n) is 11.1. The van der Waals surface area contributed by atoms with E-state index in [0.717, 1.165) is 50.4 Å². The summed E-state index contributed by atoms with van der Waals surface area (Å²) < 4.78 is 1.65. The van der Waals surface area contributed by atoms with Gasteiger partial charge in [-0.3, -0.25) is 14.3 Å². The van der Waals surface area contributed by atoms with Crippen molar-refractivity contribution in [3.8, 4) is 0 Å². The summed E-state index contributed by atoms with van der Waals surface area (Å²) in [5.41, 5.74) is 1.71. The summed E-state index contributed by atoms with van der Waals surface area (Å²) in [5, 5.41) is 4.26. The van der Waals surface area contributed by atoms with Gasteiger partial charge in [-0.05, 0) is 38.2 Å². The molecule has 9 nitrogen and oxygen atoms in total. The fraction of sp³-hybridized carbons (Fsp3) is 0.591. The zero-order chi connectivity index (χ0) is 21.6. The molecule has 2 aromatic heterocycles. The average molecular weight is 424 g/mol. The molecule has 1 spiro atoms. The number of hydrogen-bond donors (Lipinski definition) is 0. The van der Waals surface area contributed by atoms with Gasteiger partial charge in [0.1, 0.15) is 5.69 Å². The summed E-state index contributed by atoms with van der Waals surface area (Å²) >= 11 is 0. The van der Waals surface area contributed by atoms with Crippen LogP contribution in [0.15, 0.2) is 18.5 Å². The van der Waals surface area contributed by atoms with E-state index in [4.69, 9.17) is 4.98 Å². The van der Waals surface area contributed by atoms with Crippen LogP contribution >= 0.6 is 0 Å². The van der Waals surface area contributed by atoms with E-state index in [1.807, 2.05) is 19.0 Å². The monoisotopic (exact) mass is 423 g/mol. The maximum Gasteiger partial charge on any atom is 0.274 e. The van der Waals surface area contributed by atoms with Crippen LogP contribution < -0.4 is 4.90 Å². The molecule has 0 radical (unpaired) electrons. The van der Waals surface area contributed by atoms with Crippen LogP contribution in [0.2, 0.25) is 0 Å². The molecule has 0 bridgehead atoms. The summed E-state index contributed by atoms with van der Waals surface area (Å²) in [6.07, 6.45) is 8.59. The molecular weight excluding hydrogens is 394 g/mol. The average Bonchev–Trinajstić information content (AvgIpc) is 3.24. The van der Waals surface area contributed by atoms with Crippen molar-refractivity contribution >= 4 is 17.8 Å². The molecule has 0 N–H and O–H groups in total. The van der Waals surface area contributed by atoms with Crippen molar-refractivity contribution in [2.45, 2.75) is 37.5 Å². The van der Waals surface area contributed by atoms with Crippen LogP contribution in [0.5, 0.6) is 0 Å². The summed E-state index contributed by atoms with van der Waals surface area (Å²) in [7, 11) is 3.66. The number of aromatic nitrogens is 4. The van der Waals surface area contributed by atoms with E-state index >= 15 is 0 Å². The number of likely N-dealkylation sites (N-methyl/N-ethyl adjacent to an activating group) is 1. The number of rotatable bonds is 2. The molecule has 2 aromatic rings. The second-order valence-electron chi connectivity index (χ2n) is 9.09. The number of amides is 2. The third-order valence-corrected chi connectivity index (χ3v) is 6.97. The van der Waals surface area contributed by atoms with E-state index < -0.39 is 0 Å². The summed E-state index contributed by atoms with van der Waals surface area (Å²) in [4.78, 5) is 41.1. The van der Waals surface area contributed by atoms with Gasteiger partial charge < -0.3 is 14.7 Å². The van der Waals surface area contributed by atoms with Crippen LogP contribution in [0.4, 0.5) is 5.95 Å². The minimum absolute atomic E-state index is 0.0159. The van der Waals surface area contributed by atoms with Gasteiger partial charge in [0.05, 0.1) is 11.3 Å². The molecule has 0 saturated carbocycles. The number of aryl methyl sites for hydroxylation is 1. The minimum atomic E-state index is -0.244. The van der Waals surface area contributed by atoms with Crippen molar-refractivity contribution in [3.63, 3.8) is 0 Å². The Morgan fingerprint density at radius 3 is 2.48 bits per heavy atom. The van der Waals surface area contributed by atoms with Gasteiger partial charge in [-0.1, -0.05) is 0 Å². The first kappa shape index (κ1) is 20.0. The van der Waals surface area contributed by atoms with Gasteiger partial charge in [0.2, 0.25) is 5.95 Å². The molecule has 31 heavy (non-hydrogen) atoms. The molecule has 2 amide bonds. The molecule has 2 saturated heterocycles. The third kappa shape index (κ3) is 3.45. The van der Waals surface area contributed by atoms with E-state index in [1.54, 1.807) is 28.0 Å². The molecule has 0 unspecified atom stereocenters. The number of likely N-dealkylation sites (tertiary alicyclic amines) is 1. The smallest absolute Gasteiger partial charge is 0.274 e. The van der Waals surface area contributed by atoms with Gasteiger partial charge in [-0.15, -0.1) is 0 Å². The number of fused-ring (bicyclic) bond motifs is 2. The lowest BCUT2D eigenvalue weighted by Gasteiger charge is -2.46. The summed E-state index contributed by atoms with van der Waals surface area (Å²) in [6.45, 7) is 3.80. The van der Waals surface area contributed by atoms with Crippen LogP contribution in [0.25, 0.3) is 0 Å². The number of hydrogen-bond acceptors (Lipinski definition) is 6. The minimum Gasteiger partial charge on any atom is -0.341 e. The first-order chi connectivity index (χ1) is 15.0. The molecule has 0 aromatic carbocycles. The molecule has 5 heterocycles. The third-order valence-electron chi connectivity index (χ3n) is 6.97. The van der Waals surface area contributed by atoms with Crippen LogP contribution in [-0.4, -0.2) is 81.1 Å². The molecule has 9 heteroatoms. The summed E-state index contributed by atoms with van der Waals surface area (Å²) in [5.74, 6) is 0.688. The normalized spacial score (nSPS) is 20.8. The number of nitrogens with zero attached hydrogens (tertiary/aromatic N) is 7. The molecule has 2 fully saturated rings.